The van der Waals surface area contributed by atoms with E-state index in [0.717, 1.165) is 0 Å². The molecule has 10 heteroatoms. The van der Waals surface area contributed by atoms with Crippen molar-refractivity contribution < 1.29 is 24.2 Å². The van der Waals surface area contributed by atoms with Crippen molar-refractivity contribution in [2.75, 3.05) is 13.2 Å². The minimum absolute atomic E-state index is 0.0507. The number of esters is 1. The fourth-order valence-electron chi connectivity index (χ4n) is 1.69. The van der Waals surface area contributed by atoms with Crippen LogP contribution in [0.25, 0.3) is 0 Å². The molecule has 0 bridgehead atoms. The fraction of sp³-hybridized carbons (Fsp3) is 0.692. The summed E-state index contributed by atoms with van der Waals surface area (Å²) < 4.78 is 4.73. The van der Waals surface area contributed by atoms with Crippen molar-refractivity contribution in [3.8, 4) is 0 Å². The first kappa shape index (κ1) is 20.6. The van der Waals surface area contributed by atoms with Crippen molar-refractivity contribution in [1.29, 1.82) is 0 Å². The summed E-state index contributed by atoms with van der Waals surface area (Å²) in [6, 6.07) is -1.22. The van der Waals surface area contributed by atoms with E-state index in [1.165, 1.54) is 0 Å². The van der Waals surface area contributed by atoms with E-state index in [1.807, 2.05) is 0 Å². The van der Waals surface area contributed by atoms with Gasteiger partial charge in [0.1, 0.15) is 12.1 Å². The van der Waals surface area contributed by atoms with E-state index >= 15 is 0 Å². The van der Waals surface area contributed by atoms with Crippen LogP contribution < -0.4 is 22.5 Å². The molecule has 0 saturated carbocycles. The molecule has 1 heterocycles. The minimum Gasteiger partial charge on any atom is -0.480 e. The number of aliphatic carboxylic acids is 1. The topological polar surface area (TPSA) is 183 Å². The standard InChI is InChI=1S/C8H18N4O2.C5H7NO3/c1-2-14-7(13)6(9)4-3-5-12-8(10)11;7-4-2-1-3(6-4)5(8)9/h6H,2-5,9H2,1H3,(H4,10,11,12);3H,1-2H2,(H,6,7)(H,8,9)/t6-;/m0./s1. The number of hydrogen-bond donors (Lipinski definition) is 5. The van der Waals surface area contributed by atoms with Gasteiger partial charge in [-0.15, -0.1) is 0 Å². The van der Waals surface area contributed by atoms with Crippen LogP contribution in [0.5, 0.6) is 0 Å². The Morgan fingerprint density at radius 3 is 2.52 bits per heavy atom. The molecule has 23 heavy (non-hydrogen) atoms. The molecule has 0 aromatic rings. The van der Waals surface area contributed by atoms with Crippen LogP contribution in [-0.2, 0) is 19.1 Å². The number of carboxylic acid groups (broad SMARTS) is 1. The Kier molecular flexibility index (Phi) is 10.1. The summed E-state index contributed by atoms with van der Waals surface area (Å²) in [6.07, 6.45) is 1.96. The predicted molar refractivity (Wildman–Crippen MR) is 83.3 cm³/mol. The summed E-state index contributed by atoms with van der Waals surface area (Å²) in [5.74, 6) is -1.44. The van der Waals surface area contributed by atoms with Gasteiger partial charge in [0.25, 0.3) is 0 Å². The molecule has 0 spiro atoms. The number of nitrogens with zero attached hydrogens (tertiary/aromatic N) is 1. The first-order valence-electron chi connectivity index (χ1n) is 7.27. The number of guanidine groups is 1. The Morgan fingerprint density at radius 2 is 2.13 bits per heavy atom. The lowest BCUT2D eigenvalue weighted by Gasteiger charge is -2.08. The number of carbonyl (C=O) groups excluding carboxylic acids is 2. The smallest absolute Gasteiger partial charge is 0.326 e. The summed E-state index contributed by atoms with van der Waals surface area (Å²) in [6.45, 7) is 2.57. The van der Waals surface area contributed by atoms with Crippen LogP contribution in [0.3, 0.4) is 0 Å². The Balaban J connectivity index is 0.000000459. The summed E-state index contributed by atoms with van der Waals surface area (Å²) in [4.78, 5) is 35.3. The molecule has 132 valence electrons. The van der Waals surface area contributed by atoms with Crippen molar-refractivity contribution in [1.82, 2.24) is 5.32 Å². The fourth-order valence-corrected chi connectivity index (χ4v) is 1.69. The Morgan fingerprint density at radius 1 is 1.48 bits per heavy atom. The van der Waals surface area contributed by atoms with Gasteiger partial charge in [0.15, 0.2) is 5.96 Å². The van der Waals surface area contributed by atoms with E-state index in [2.05, 4.69) is 10.3 Å². The zero-order chi connectivity index (χ0) is 17.8. The second kappa shape index (κ2) is 11.2. The van der Waals surface area contributed by atoms with Crippen molar-refractivity contribution in [3.05, 3.63) is 0 Å². The quantitative estimate of drug-likeness (QED) is 0.158. The molecule has 2 atom stereocenters. The molecule has 0 radical (unpaired) electrons. The molecule has 0 aromatic carbocycles. The number of amides is 1. The third kappa shape index (κ3) is 10.1. The van der Waals surface area contributed by atoms with Crippen LogP contribution in [0.4, 0.5) is 0 Å². The van der Waals surface area contributed by atoms with E-state index < -0.39 is 18.1 Å². The largest absolute Gasteiger partial charge is 0.480 e. The van der Waals surface area contributed by atoms with Crippen LogP contribution in [0.2, 0.25) is 0 Å². The van der Waals surface area contributed by atoms with Crippen LogP contribution in [0.15, 0.2) is 4.99 Å². The SMILES string of the molecule is CCOC(=O)[C@@H](N)CCCN=C(N)N.O=C1CCC(C(=O)O)N1. The lowest BCUT2D eigenvalue weighted by atomic mass is 10.2. The van der Waals surface area contributed by atoms with Crippen LogP contribution in [-0.4, -0.2) is 54.1 Å². The minimum atomic E-state index is -0.944. The van der Waals surface area contributed by atoms with E-state index in [9.17, 15) is 14.4 Å². The molecule has 8 N–H and O–H groups in total. The van der Waals surface area contributed by atoms with Crippen LogP contribution in [0.1, 0.15) is 32.6 Å². The van der Waals surface area contributed by atoms with Gasteiger partial charge in [-0.3, -0.25) is 14.6 Å². The van der Waals surface area contributed by atoms with Crippen molar-refractivity contribution >= 4 is 23.8 Å². The molecule has 1 rings (SSSR count). The van der Waals surface area contributed by atoms with Gasteiger partial charge >= 0.3 is 11.9 Å². The van der Waals surface area contributed by atoms with Crippen molar-refractivity contribution in [3.63, 3.8) is 0 Å². The molecular weight excluding hydrogens is 306 g/mol. The molecule has 1 saturated heterocycles. The highest BCUT2D eigenvalue weighted by Crippen LogP contribution is 2.05. The predicted octanol–water partition coefficient (Wildman–Crippen LogP) is -1.72. The normalized spacial score (nSPS) is 17.3. The van der Waals surface area contributed by atoms with Crippen molar-refractivity contribution in [2.24, 2.45) is 22.2 Å². The number of hydrogen-bond acceptors (Lipinski definition) is 6. The molecule has 1 aliphatic rings. The lowest BCUT2D eigenvalue weighted by Crippen LogP contribution is -2.32. The van der Waals surface area contributed by atoms with E-state index in [4.69, 9.17) is 27.0 Å². The molecule has 10 nitrogen and oxygen atoms in total. The molecule has 1 unspecified atom stereocenters. The number of carboxylic acids is 1. The van der Waals surface area contributed by atoms with Gasteiger partial charge < -0.3 is 32.4 Å². The highest BCUT2D eigenvalue weighted by molar-refractivity contribution is 5.87. The number of nitrogens with one attached hydrogen (secondary N) is 1. The molecule has 0 aromatic heterocycles. The third-order valence-corrected chi connectivity index (χ3v) is 2.85. The average Bonchev–Trinajstić information content (AvgIpc) is 2.91. The number of aliphatic imine (C=N–C) groups is 1. The Hall–Kier alpha value is -2.36. The first-order chi connectivity index (χ1) is 10.8. The molecular formula is C13H25N5O5. The Labute approximate surface area is 134 Å². The maximum atomic E-state index is 11.0. The highest BCUT2D eigenvalue weighted by atomic mass is 16.5. The highest BCUT2D eigenvalue weighted by Gasteiger charge is 2.26. The van der Waals surface area contributed by atoms with Gasteiger partial charge in [-0.2, -0.15) is 0 Å². The zero-order valence-corrected chi connectivity index (χ0v) is 13.2. The third-order valence-electron chi connectivity index (χ3n) is 2.85. The van der Waals surface area contributed by atoms with E-state index in [1.54, 1.807) is 6.92 Å². The van der Waals surface area contributed by atoms with Gasteiger partial charge in [-0.05, 0) is 26.2 Å². The van der Waals surface area contributed by atoms with E-state index in [0.29, 0.717) is 38.8 Å². The van der Waals surface area contributed by atoms with Crippen molar-refractivity contribution in [2.45, 2.75) is 44.7 Å². The molecule has 1 aliphatic heterocycles. The van der Waals surface area contributed by atoms with Gasteiger partial charge in [0.05, 0.1) is 6.61 Å². The Bertz CT molecular complexity index is 436. The van der Waals surface area contributed by atoms with Gasteiger partial charge in [-0.1, -0.05) is 0 Å². The summed E-state index contributed by atoms with van der Waals surface area (Å²) >= 11 is 0. The molecule has 1 fully saturated rings. The lowest BCUT2D eigenvalue weighted by molar-refractivity contribution is -0.144. The molecule has 1 amide bonds. The summed E-state index contributed by atoms with van der Waals surface area (Å²) in [5.41, 5.74) is 15.8. The number of nitrogens with two attached hydrogens (primary N) is 3. The monoisotopic (exact) mass is 331 g/mol. The second-order valence-corrected chi connectivity index (χ2v) is 4.80. The van der Waals surface area contributed by atoms with Crippen LogP contribution >= 0.6 is 0 Å². The van der Waals surface area contributed by atoms with Gasteiger partial charge in [0, 0.05) is 13.0 Å². The second-order valence-electron chi connectivity index (χ2n) is 4.80. The number of carbonyl (C=O) groups is 3. The summed E-state index contributed by atoms with van der Waals surface area (Å²) in [5, 5.41) is 10.6. The van der Waals surface area contributed by atoms with Gasteiger partial charge in [0.2, 0.25) is 5.91 Å². The van der Waals surface area contributed by atoms with Crippen LogP contribution in [0, 0.1) is 0 Å². The summed E-state index contributed by atoms with van der Waals surface area (Å²) in [7, 11) is 0. The number of ether oxygens (including phenoxy) is 1. The average molecular weight is 331 g/mol. The first-order valence-corrected chi connectivity index (χ1v) is 7.27. The zero-order valence-electron chi connectivity index (χ0n) is 13.2. The number of rotatable bonds is 7. The molecule has 0 aliphatic carbocycles. The maximum absolute atomic E-state index is 11.0. The maximum Gasteiger partial charge on any atom is 0.326 e. The van der Waals surface area contributed by atoms with E-state index in [-0.39, 0.29) is 17.8 Å². The van der Waals surface area contributed by atoms with Gasteiger partial charge in [-0.25, -0.2) is 4.79 Å².